The van der Waals surface area contributed by atoms with Crippen LogP contribution < -0.4 is 0 Å². The summed E-state index contributed by atoms with van der Waals surface area (Å²) in [6.07, 6.45) is 0.335. The third kappa shape index (κ3) is 2.35. The summed E-state index contributed by atoms with van der Waals surface area (Å²) in [7, 11) is 0. The van der Waals surface area contributed by atoms with Crippen molar-refractivity contribution in [1.82, 2.24) is 4.98 Å². The van der Waals surface area contributed by atoms with Crippen molar-refractivity contribution < 1.29 is 33.8 Å². The third-order valence-electron chi connectivity index (χ3n) is 0.990. The number of aromatic hydroxyl groups is 1. The molecule has 0 saturated heterocycles. The van der Waals surface area contributed by atoms with Crippen LogP contribution in [0.3, 0.4) is 0 Å². The first-order chi connectivity index (χ1) is 4.74. The van der Waals surface area contributed by atoms with Crippen molar-refractivity contribution in [2.45, 2.75) is 0 Å². The van der Waals surface area contributed by atoms with Gasteiger partial charge in [0.2, 0.25) is 11.8 Å². The first kappa shape index (κ1) is 10.2. The van der Waals surface area contributed by atoms with Gasteiger partial charge in [-0.1, -0.05) is 0 Å². The number of rotatable bonds is 1. The first-order valence-electron chi connectivity index (χ1n) is 2.54. The maximum absolute atomic E-state index is 12.3. The summed E-state index contributed by atoms with van der Waals surface area (Å²) in [4.78, 5) is 13.0. The van der Waals surface area contributed by atoms with Crippen molar-refractivity contribution in [3.63, 3.8) is 0 Å². The van der Waals surface area contributed by atoms with Gasteiger partial charge in [0.15, 0.2) is 6.29 Å². The zero-order valence-corrected chi connectivity index (χ0v) is 6.88. The van der Waals surface area contributed by atoms with Crippen LogP contribution in [0.15, 0.2) is 12.1 Å². The second-order valence-electron chi connectivity index (χ2n) is 1.67. The van der Waals surface area contributed by atoms with Crippen molar-refractivity contribution in [3.8, 4) is 5.88 Å². The summed E-state index contributed by atoms with van der Waals surface area (Å²) in [5.41, 5.74) is -0.155. The minimum absolute atomic E-state index is 0. The molecule has 0 amide bonds. The molecule has 1 heterocycles. The Hall–Kier alpha value is -0.827. The van der Waals surface area contributed by atoms with Gasteiger partial charge in [0.1, 0.15) is 0 Å². The zero-order chi connectivity index (χ0) is 7.56. The Bertz CT molecular complexity index is 267. The molecule has 1 radical (unpaired) electrons. The Labute approximate surface area is 75.0 Å². The molecule has 3 nitrogen and oxygen atoms in total. The first-order valence-corrected chi connectivity index (χ1v) is 2.54. The predicted molar refractivity (Wildman–Crippen MR) is 31.2 cm³/mol. The minimum atomic E-state index is -0.949. The van der Waals surface area contributed by atoms with Crippen molar-refractivity contribution >= 4 is 6.29 Å². The van der Waals surface area contributed by atoms with Gasteiger partial charge in [0.25, 0.3) is 0 Å². The molecule has 1 rings (SSSR count). The van der Waals surface area contributed by atoms with Crippen LogP contribution in [-0.2, 0) is 19.5 Å². The molecular formula is C6H4FNO2Rh. The maximum Gasteiger partial charge on any atom is 0.226 e. The van der Waals surface area contributed by atoms with Crippen molar-refractivity contribution in [3.05, 3.63) is 23.6 Å². The fraction of sp³-hybridized carbons (Fsp3) is 0. The van der Waals surface area contributed by atoms with E-state index in [1.807, 2.05) is 0 Å². The quantitative estimate of drug-likeness (QED) is 0.450. The van der Waals surface area contributed by atoms with E-state index in [9.17, 15) is 9.18 Å². The van der Waals surface area contributed by atoms with Crippen LogP contribution in [0, 0.1) is 5.95 Å². The number of aldehydes is 1. The van der Waals surface area contributed by atoms with E-state index in [-0.39, 0.29) is 25.0 Å². The summed E-state index contributed by atoms with van der Waals surface area (Å²) in [6.45, 7) is 0. The second kappa shape index (κ2) is 4.14. The zero-order valence-electron chi connectivity index (χ0n) is 5.25. The van der Waals surface area contributed by atoms with Crippen LogP contribution in [-0.4, -0.2) is 16.4 Å². The number of pyridine rings is 1. The number of aromatic nitrogens is 1. The van der Waals surface area contributed by atoms with E-state index in [1.54, 1.807) is 0 Å². The van der Waals surface area contributed by atoms with E-state index >= 15 is 0 Å². The van der Waals surface area contributed by atoms with E-state index in [4.69, 9.17) is 5.11 Å². The van der Waals surface area contributed by atoms with Crippen LogP contribution in [0.1, 0.15) is 10.4 Å². The Morgan fingerprint density at radius 2 is 2.18 bits per heavy atom. The van der Waals surface area contributed by atoms with Gasteiger partial charge in [-0.15, -0.1) is 0 Å². The Kier molecular flexibility index (Phi) is 3.82. The van der Waals surface area contributed by atoms with Crippen LogP contribution >= 0.6 is 0 Å². The van der Waals surface area contributed by atoms with Gasteiger partial charge < -0.3 is 5.11 Å². The van der Waals surface area contributed by atoms with E-state index < -0.39 is 11.8 Å². The molecule has 5 heteroatoms. The summed E-state index contributed by atoms with van der Waals surface area (Å²) in [6, 6.07) is 2.30. The fourth-order valence-corrected chi connectivity index (χ4v) is 0.523. The Morgan fingerprint density at radius 1 is 1.55 bits per heavy atom. The summed E-state index contributed by atoms with van der Waals surface area (Å²) in [5, 5.41) is 8.57. The topological polar surface area (TPSA) is 50.2 Å². The van der Waals surface area contributed by atoms with Gasteiger partial charge in [0, 0.05) is 25.5 Å². The molecule has 61 valence electrons. The maximum atomic E-state index is 12.3. The second-order valence-corrected chi connectivity index (χ2v) is 1.67. The number of hydrogen-bond acceptors (Lipinski definition) is 3. The molecule has 0 saturated carbocycles. The SMILES string of the molecule is O=Cc1ccc(O)nc1F.[Rh]. The van der Waals surface area contributed by atoms with Crippen LogP contribution in [0.4, 0.5) is 4.39 Å². The number of carbonyl (C=O) groups excluding carboxylic acids is 1. The normalized spacial score (nSPS) is 8.45. The van der Waals surface area contributed by atoms with Crippen LogP contribution in [0.25, 0.3) is 0 Å². The van der Waals surface area contributed by atoms with Crippen molar-refractivity contribution in [1.29, 1.82) is 0 Å². The molecule has 0 aliphatic rings. The van der Waals surface area contributed by atoms with Crippen molar-refractivity contribution in [2.24, 2.45) is 0 Å². The molecule has 0 aliphatic carbocycles. The molecule has 1 aromatic heterocycles. The number of hydrogen-bond donors (Lipinski definition) is 1. The van der Waals surface area contributed by atoms with Gasteiger partial charge in [-0.3, -0.25) is 4.79 Å². The van der Waals surface area contributed by atoms with Crippen molar-refractivity contribution in [2.75, 3.05) is 0 Å². The summed E-state index contributed by atoms with van der Waals surface area (Å²) in [5.74, 6) is -1.38. The molecule has 0 atom stereocenters. The minimum Gasteiger partial charge on any atom is -0.493 e. The largest absolute Gasteiger partial charge is 0.493 e. The fourth-order valence-electron chi connectivity index (χ4n) is 0.523. The molecule has 0 spiro atoms. The molecule has 0 aliphatic heterocycles. The summed E-state index contributed by atoms with van der Waals surface area (Å²) < 4.78 is 12.3. The predicted octanol–water partition coefficient (Wildman–Crippen LogP) is 0.736. The van der Waals surface area contributed by atoms with Gasteiger partial charge >= 0.3 is 0 Å². The third-order valence-corrected chi connectivity index (χ3v) is 0.990. The number of halogens is 1. The standard InChI is InChI=1S/C6H4FNO2.Rh/c7-6-4(3-9)1-2-5(10)8-6;/h1-3H,(H,8,10);. The molecule has 11 heavy (non-hydrogen) atoms. The van der Waals surface area contributed by atoms with Gasteiger partial charge in [0.05, 0.1) is 5.56 Å². The van der Waals surface area contributed by atoms with Gasteiger partial charge in [-0.05, 0) is 6.07 Å². The monoisotopic (exact) mass is 244 g/mol. The number of carbonyl (C=O) groups is 1. The molecule has 1 aromatic rings. The molecule has 1 N–H and O–H groups in total. The van der Waals surface area contributed by atoms with Gasteiger partial charge in [-0.25, -0.2) is 0 Å². The van der Waals surface area contributed by atoms with Gasteiger partial charge in [-0.2, -0.15) is 9.37 Å². The number of nitrogens with zero attached hydrogens (tertiary/aromatic N) is 1. The Balaban J connectivity index is 0.000001000. The van der Waals surface area contributed by atoms with E-state index in [0.29, 0.717) is 6.29 Å². The van der Waals surface area contributed by atoms with E-state index in [1.165, 1.54) is 0 Å². The molecule has 0 unspecified atom stereocenters. The molecule has 0 bridgehead atoms. The van der Waals surface area contributed by atoms with Crippen LogP contribution in [0.2, 0.25) is 0 Å². The average Bonchev–Trinajstić information content (AvgIpc) is 1.88. The molecule has 0 aromatic carbocycles. The van der Waals surface area contributed by atoms with Crippen LogP contribution in [0.5, 0.6) is 5.88 Å². The molecular weight excluding hydrogens is 240 g/mol. The Morgan fingerprint density at radius 3 is 2.64 bits per heavy atom. The summed E-state index contributed by atoms with van der Waals surface area (Å²) >= 11 is 0. The van der Waals surface area contributed by atoms with E-state index in [0.717, 1.165) is 12.1 Å². The van der Waals surface area contributed by atoms with E-state index in [2.05, 4.69) is 4.98 Å². The average molecular weight is 244 g/mol. The molecule has 0 fully saturated rings. The smallest absolute Gasteiger partial charge is 0.226 e.